The second-order valence-electron chi connectivity index (χ2n) is 7.76. The van der Waals surface area contributed by atoms with Crippen LogP contribution in [-0.4, -0.2) is 49.4 Å². The first-order valence-corrected chi connectivity index (χ1v) is 12.2. The van der Waals surface area contributed by atoms with Gasteiger partial charge in [-0.25, -0.2) is 0 Å². The molecule has 3 aromatic rings. The van der Waals surface area contributed by atoms with Crippen LogP contribution in [0.5, 0.6) is 11.5 Å². The molecular formula is C27H28N2O4S. The van der Waals surface area contributed by atoms with E-state index in [1.54, 1.807) is 13.2 Å². The van der Waals surface area contributed by atoms with Gasteiger partial charge in [-0.05, 0) is 55.3 Å². The molecule has 7 heteroatoms. The normalized spacial score (nSPS) is 14.8. The van der Waals surface area contributed by atoms with E-state index >= 15 is 0 Å². The van der Waals surface area contributed by atoms with Crippen LogP contribution in [0.1, 0.15) is 19.4 Å². The zero-order valence-corrected chi connectivity index (χ0v) is 20.4. The van der Waals surface area contributed by atoms with Gasteiger partial charge in [0.15, 0.2) is 0 Å². The quantitative estimate of drug-likeness (QED) is 0.363. The number of nitrogens with zero attached hydrogens (tertiary/aromatic N) is 2. The highest BCUT2D eigenvalue weighted by Gasteiger charge is 2.35. The molecule has 6 nitrogen and oxygen atoms in total. The van der Waals surface area contributed by atoms with Gasteiger partial charge in [0.1, 0.15) is 18.1 Å². The minimum absolute atomic E-state index is 0.184. The molecule has 1 aliphatic rings. The van der Waals surface area contributed by atoms with Crippen molar-refractivity contribution in [2.24, 2.45) is 0 Å². The number of benzene rings is 3. The molecule has 1 saturated heterocycles. The summed E-state index contributed by atoms with van der Waals surface area (Å²) >= 11 is 0.941. The maximum atomic E-state index is 13.0. The van der Waals surface area contributed by atoms with Crippen LogP contribution in [0.2, 0.25) is 0 Å². The molecule has 0 radical (unpaired) electrons. The van der Waals surface area contributed by atoms with Crippen LogP contribution in [0.3, 0.4) is 0 Å². The molecule has 0 saturated carbocycles. The Morgan fingerprint density at radius 2 is 1.74 bits per heavy atom. The number of rotatable bonds is 9. The summed E-state index contributed by atoms with van der Waals surface area (Å²) in [6.45, 7) is 6.38. The number of hydrogen-bond acceptors (Lipinski definition) is 6. The third-order valence-corrected chi connectivity index (χ3v) is 6.74. The highest BCUT2D eigenvalue weighted by atomic mass is 32.2. The second-order valence-corrected chi connectivity index (χ2v) is 8.75. The molecule has 1 fully saturated rings. The Kier molecular flexibility index (Phi) is 7.43. The SMILES string of the molecule is CCN(CC)c1ccc(/C=C2\SC(=O)N(CCOc3cccc4ccccc34)C2=O)c(OC)c1. The van der Waals surface area contributed by atoms with E-state index in [0.717, 1.165) is 52.6 Å². The molecule has 0 aliphatic carbocycles. The van der Waals surface area contributed by atoms with Crippen molar-refractivity contribution < 1.29 is 19.1 Å². The number of imide groups is 1. The van der Waals surface area contributed by atoms with E-state index in [2.05, 4.69) is 18.7 Å². The van der Waals surface area contributed by atoms with E-state index in [4.69, 9.17) is 9.47 Å². The molecule has 0 unspecified atom stereocenters. The van der Waals surface area contributed by atoms with Crippen molar-refractivity contribution in [1.29, 1.82) is 0 Å². The minimum Gasteiger partial charge on any atom is -0.496 e. The lowest BCUT2D eigenvalue weighted by molar-refractivity contribution is -0.123. The maximum Gasteiger partial charge on any atom is 0.293 e. The molecule has 34 heavy (non-hydrogen) atoms. The highest BCUT2D eigenvalue weighted by molar-refractivity contribution is 8.18. The number of amides is 2. The standard InChI is InChI=1S/C27H28N2O4S/c1-4-28(5-2)21-14-13-20(24(18-21)32-3)17-25-26(30)29(27(31)34-25)15-16-33-23-12-8-10-19-9-6-7-11-22(19)23/h6-14,17-18H,4-5,15-16H2,1-3H3/b25-17-. The zero-order valence-electron chi connectivity index (χ0n) is 19.6. The number of anilines is 1. The fraction of sp³-hybridized carbons (Fsp3) is 0.259. The molecule has 3 aromatic carbocycles. The molecule has 1 heterocycles. The average molecular weight is 477 g/mol. The summed E-state index contributed by atoms with van der Waals surface area (Å²) in [5, 5.41) is 1.78. The van der Waals surface area contributed by atoms with Crippen molar-refractivity contribution in [3.8, 4) is 11.5 Å². The number of carbonyl (C=O) groups excluding carboxylic acids is 2. The van der Waals surface area contributed by atoms with E-state index in [1.165, 1.54) is 4.90 Å². The van der Waals surface area contributed by atoms with Crippen molar-refractivity contribution >= 4 is 45.4 Å². The third kappa shape index (κ3) is 4.89. The summed E-state index contributed by atoms with van der Waals surface area (Å²) in [6, 6.07) is 19.7. The first-order valence-electron chi connectivity index (χ1n) is 11.3. The van der Waals surface area contributed by atoms with Crippen LogP contribution in [0.25, 0.3) is 16.8 Å². The second kappa shape index (κ2) is 10.7. The molecule has 4 rings (SSSR count). The van der Waals surface area contributed by atoms with Crippen LogP contribution in [0, 0.1) is 0 Å². The van der Waals surface area contributed by atoms with Gasteiger partial charge in [0, 0.05) is 35.8 Å². The lowest BCUT2D eigenvalue weighted by atomic mass is 10.1. The molecule has 0 aromatic heterocycles. The fourth-order valence-corrected chi connectivity index (χ4v) is 4.86. The van der Waals surface area contributed by atoms with E-state index in [9.17, 15) is 9.59 Å². The number of methoxy groups -OCH3 is 1. The number of ether oxygens (including phenoxy) is 2. The summed E-state index contributed by atoms with van der Waals surface area (Å²) in [4.78, 5) is 29.3. The Morgan fingerprint density at radius 3 is 2.50 bits per heavy atom. The maximum absolute atomic E-state index is 13.0. The van der Waals surface area contributed by atoms with Crippen LogP contribution in [0.4, 0.5) is 10.5 Å². The van der Waals surface area contributed by atoms with Crippen LogP contribution >= 0.6 is 11.8 Å². The van der Waals surface area contributed by atoms with E-state index in [-0.39, 0.29) is 24.3 Å². The van der Waals surface area contributed by atoms with Crippen LogP contribution < -0.4 is 14.4 Å². The van der Waals surface area contributed by atoms with Gasteiger partial charge in [0.25, 0.3) is 11.1 Å². The van der Waals surface area contributed by atoms with Crippen LogP contribution in [0.15, 0.2) is 65.6 Å². The Bertz CT molecular complexity index is 1230. The van der Waals surface area contributed by atoms with Gasteiger partial charge < -0.3 is 14.4 Å². The lowest BCUT2D eigenvalue weighted by Crippen LogP contribution is -2.32. The van der Waals surface area contributed by atoms with E-state index in [0.29, 0.717) is 10.7 Å². The Morgan fingerprint density at radius 1 is 0.971 bits per heavy atom. The summed E-state index contributed by atoms with van der Waals surface area (Å²) in [6.07, 6.45) is 1.72. The van der Waals surface area contributed by atoms with Gasteiger partial charge in [-0.3, -0.25) is 14.5 Å². The predicted molar refractivity (Wildman–Crippen MR) is 139 cm³/mol. The highest BCUT2D eigenvalue weighted by Crippen LogP contribution is 2.35. The Hall–Kier alpha value is -3.45. The molecule has 2 amide bonds. The summed E-state index contributed by atoms with van der Waals surface area (Å²) in [5.74, 6) is 1.08. The Balaban J connectivity index is 1.46. The number of fused-ring (bicyclic) bond motifs is 1. The molecular weight excluding hydrogens is 448 g/mol. The predicted octanol–water partition coefficient (Wildman–Crippen LogP) is 5.81. The monoisotopic (exact) mass is 476 g/mol. The van der Waals surface area contributed by atoms with E-state index < -0.39 is 0 Å². The molecule has 0 N–H and O–H groups in total. The van der Waals surface area contributed by atoms with Crippen molar-refractivity contribution in [3.05, 3.63) is 71.1 Å². The first kappa shape index (κ1) is 23.7. The van der Waals surface area contributed by atoms with Gasteiger partial charge in [0.2, 0.25) is 0 Å². The summed E-state index contributed by atoms with van der Waals surface area (Å²) in [7, 11) is 1.61. The van der Waals surface area contributed by atoms with Gasteiger partial charge >= 0.3 is 0 Å². The molecule has 176 valence electrons. The van der Waals surface area contributed by atoms with Crippen molar-refractivity contribution in [2.75, 3.05) is 38.3 Å². The van der Waals surface area contributed by atoms with Gasteiger partial charge in [-0.2, -0.15) is 0 Å². The average Bonchev–Trinajstić information content (AvgIpc) is 3.13. The summed E-state index contributed by atoms with van der Waals surface area (Å²) in [5.41, 5.74) is 1.81. The molecule has 0 bridgehead atoms. The van der Waals surface area contributed by atoms with Gasteiger partial charge in [-0.1, -0.05) is 36.4 Å². The van der Waals surface area contributed by atoms with Crippen molar-refractivity contribution in [1.82, 2.24) is 4.90 Å². The van der Waals surface area contributed by atoms with Crippen LogP contribution in [-0.2, 0) is 4.79 Å². The number of thioether (sulfide) groups is 1. The summed E-state index contributed by atoms with van der Waals surface area (Å²) < 4.78 is 11.5. The van der Waals surface area contributed by atoms with Gasteiger partial charge in [-0.15, -0.1) is 0 Å². The number of carbonyl (C=O) groups is 2. The molecule has 0 spiro atoms. The zero-order chi connectivity index (χ0) is 24.1. The van der Waals surface area contributed by atoms with E-state index in [1.807, 2.05) is 60.7 Å². The van der Waals surface area contributed by atoms with Crippen molar-refractivity contribution in [2.45, 2.75) is 13.8 Å². The Labute approximate surface area is 204 Å². The lowest BCUT2D eigenvalue weighted by Gasteiger charge is -2.22. The smallest absolute Gasteiger partial charge is 0.293 e. The van der Waals surface area contributed by atoms with Crippen molar-refractivity contribution in [3.63, 3.8) is 0 Å². The topological polar surface area (TPSA) is 59.1 Å². The molecule has 1 aliphatic heterocycles. The number of hydrogen-bond donors (Lipinski definition) is 0. The molecule has 0 atom stereocenters. The minimum atomic E-state index is -0.314. The van der Waals surface area contributed by atoms with Gasteiger partial charge in [0.05, 0.1) is 18.6 Å². The third-order valence-electron chi connectivity index (χ3n) is 5.83. The first-order chi connectivity index (χ1) is 16.5. The largest absolute Gasteiger partial charge is 0.496 e. The fourth-order valence-electron chi connectivity index (χ4n) is 4.01.